The quantitative estimate of drug-likeness (QED) is 0.439. The number of aliphatic carboxylic acids is 1. The molecule has 2 aliphatic rings. The van der Waals surface area contributed by atoms with Gasteiger partial charge in [0.25, 0.3) is 5.91 Å². The van der Waals surface area contributed by atoms with E-state index in [9.17, 15) is 22.8 Å². The molecule has 1 saturated carbocycles. The summed E-state index contributed by atoms with van der Waals surface area (Å²) in [6.45, 7) is 0. The van der Waals surface area contributed by atoms with Gasteiger partial charge in [-0.15, -0.1) is 0 Å². The van der Waals surface area contributed by atoms with E-state index >= 15 is 0 Å². The molecule has 168 valence electrons. The molecule has 0 radical (unpaired) electrons. The number of amides is 1. The van der Waals surface area contributed by atoms with E-state index in [1.165, 1.54) is 18.2 Å². The van der Waals surface area contributed by atoms with Gasteiger partial charge in [-0.05, 0) is 49.9 Å². The van der Waals surface area contributed by atoms with E-state index in [0.717, 1.165) is 23.9 Å². The minimum Gasteiger partial charge on any atom is -0.481 e. The molecule has 10 heteroatoms. The summed E-state index contributed by atoms with van der Waals surface area (Å²) in [4.78, 5) is 26.0. The van der Waals surface area contributed by atoms with Gasteiger partial charge in [-0.25, -0.2) is 0 Å². The number of carbonyl (C=O) groups is 2. The zero-order chi connectivity index (χ0) is 23.0. The van der Waals surface area contributed by atoms with Crippen molar-refractivity contribution in [3.63, 3.8) is 0 Å². The molecule has 32 heavy (non-hydrogen) atoms. The molecule has 0 atom stereocenters. The lowest BCUT2D eigenvalue weighted by molar-refractivity contribution is -0.143. The number of rotatable bonds is 4. The minimum absolute atomic E-state index is 0.138. The molecule has 1 aliphatic carbocycles. The molecule has 2 fully saturated rings. The maximum atomic E-state index is 13.0. The van der Waals surface area contributed by atoms with Crippen molar-refractivity contribution >= 4 is 46.3 Å². The molecule has 0 unspecified atom stereocenters. The van der Waals surface area contributed by atoms with Gasteiger partial charge < -0.3 is 9.52 Å². The first-order valence-corrected chi connectivity index (χ1v) is 11.1. The third-order valence-corrected chi connectivity index (χ3v) is 6.94. The largest absolute Gasteiger partial charge is 0.481 e. The Morgan fingerprint density at radius 2 is 1.91 bits per heavy atom. The number of hydrogen-bond acceptors (Lipinski definition) is 5. The molecule has 1 N–H and O–H groups in total. The van der Waals surface area contributed by atoms with E-state index in [1.807, 2.05) is 0 Å². The second-order valence-corrected chi connectivity index (χ2v) is 9.35. The summed E-state index contributed by atoms with van der Waals surface area (Å²) in [5.41, 5.74) is -0.492. The van der Waals surface area contributed by atoms with E-state index in [2.05, 4.69) is 0 Å². The highest BCUT2D eigenvalue weighted by Gasteiger charge is 2.39. The Labute approximate surface area is 191 Å². The van der Waals surface area contributed by atoms with Gasteiger partial charge in [0.1, 0.15) is 15.8 Å². The van der Waals surface area contributed by atoms with E-state index in [-0.39, 0.29) is 23.3 Å². The number of alkyl halides is 3. The molecular weight excluding hydrogens is 463 g/mol. The molecule has 2 heterocycles. The van der Waals surface area contributed by atoms with Gasteiger partial charge in [-0.1, -0.05) is 36.1 Å². The Kier molecular flexibility index (Phi) is 6.17. The van der Waals surface area contributed by atoms with Gasteiger partial charge >= 0.3 is 12.1 Å². The maximum Gasteiger partial charge on any atom is 0.416 e. The molecule has 1 aromatic heterocycles. The first-order chi connectivity index (χ1) is 15.1. The van der Waals surface area contributed by atoms with Crippen molar-refractivity contribution in [1.82, 2.24) is 4.90 Å². The molecule has 1 aliphatic heterocycles. The molecule has 0 spiro atoms. The summed E-state index contributed by atoms with van der Waals surface area (Å²) >= 11 is 6.51. The van der Waals surface area contributed by atoms with Crippen LogP contribution in [0.5, 0.6) is 0 Å². The van der Waals surface area contributed by atoms with Crippen LogP contribution < -0.4 is 0 Å². The Bertz CT molecular complexity index is 1100. The summed E-state index contributed by atoms with van der Waals surface area (Å²) in [6, 6.07) is 7.82. The number of furan rings is 1. The normalized spacial score (nSPS) is 23.2. The highest BCUT2D eigenvalue weighted by Crippen LogP contribution is 2.39. The van der Waals surface area contributed by atoms with Gasteiger partial charge in [0.2, 0.25) is 0 Å². The number of carbonyl (C=O) groups excluding carboxylic acids is 1. The number of carboxylic acid groups (broad SMARTS) is 1. The third kappa shape index (κ3) is 4.61. The Morgan fingerprint density at radius 3 is 2.56 bits per heavy atom. The van der Waals surface area contributed by atoms with Crippen LogP contribution in [0.3, 0.4) is 0 Å². The van der Waals surface area contributed by atoms with Crippen molar-refractivity contribution in [1.29, 1.82) is 0 Å². The van der Waals surface area contributed by atoms with Crippen LogP contribution in [-0.4, -0.2) is 32.2 Å². The molecule has 4 rings (SSSR count). The number of benzene rings is 1. The number of nitrogens with zero attached hydrogens (tertiary/aromatic N) is 1. The van der Waals surface area contributed by atoms with E-state index < -0.39 is 23.6 Å². The number of carboxylic acids is 1. The van der Waals surface area contributed by atoms with Crippen molar-refractivity contribution in [3.05, 3.63) is 52.6 Å². The fourth-order valence-electron chi connectivity index (χ4n) is 3.94. The predicted octanol–water partition coefficient (Wildman–Crippen LogP) is 5.81. The van der Waals surface area contributed by atoms with Gasteiger partial charge in [0, 0.05) is 17.7 Å². The van der Waals surface area contributed by atoms with Crippen molar-refractivity contribution in [3.8, 4) is 11.3 Å². The molecular formula is C22H18F3NO4S2. The van der Waals surface area contributed by atoms with Gasteiger partial charge in [-0.2, -0.15) is 13.2 Å². The lowest BCUT2D eigenvalue weighted by atomic mass is 9.85. The summed E-state index contributed by atoms with van der Waals surface area (Å²) in [7, 11) is 0. The van der Waals surface area contributed by atoms with E-state index in [4.69, 9.17) is 21.7 Å². The zero-order valence-corrected chi connectivity index (χ0v) is 18.2. The molecule has 2 aromatic rings. The van der Waals surface area contributed by atoms with E-state index in [1.54, 1.807) is 17.0 Å². The van der Waals surface area contributed by atoms with Crippen LogP contribution in [0.4, 0.5) is 13.2 Å². The predicted molar refractivity (Wildman–Crippen MR) is 118 cm³/mol. The fourth-order valence-corrected chi connectivity index (χ4v) is 5.32. The summed E-state index contributed by atoms with van der Waals surface area (Å²) in [5, 5.41) is 9.15. The zero-order valence-electron chi connectivity index (χ0n) is 16.6. The van der Waals surface area contributed by atoms with Gasteiger partial charge in [-0.3, -0.25) is 14.5 Å². The van der Waals surface area contributed by atoms with Crippen LogP contribution >= 0.6 is 24.0 Å². The van der Waals surface area contributed by atoms with Crippen LogP contribution in [-0.2, 0) is 15.8 Å². The lowest BCUT2D eigenvalue weighted by Crippen LogP contribution is -2.41. The number of thioether (sulfide) groups is 1. The Morgan fingerprint density at radius 1 is 1.19 bits per heavy atom. The Hall–Kier alpha value is -2.59. The fraction of sp³-hybridized carbons (Fsp3) is 0.318. The SMILES string of the molecule is O=C(O)C1CCC(N2C(=O)C(=Cc3ccc(-c4cccc(C(F)(F)F)c4)o3)SC2=S)CC1. The van der Waals surface area contributed by atoms with Crippen molar-refractivity contribution in [2.75, 3.05) is 0 Å². The monoisotopic (exact) mass is 481 g/mol. The van der Waals surface area contributed by atoms with Crippen molar-refractivity contribution in [2.45, 2.75) is 37.9 Å². The first kappa shape index (κ1) is 22.6. The van der Waals surface area contributed by atoms with Crippen molar-refractivity contribution < 1.29 is 32.3 Å². The van der Waals surface area contributed by atoms with Crippen LogP contribution in [0.15, 0.2) is 45.7 Å². The standard InChI is InChI=1S/C22H18F3NO4S2/c23-22(24,25)14-3-1-2-13(10-14)17-9-8-16(30-17)11-18-19(27)26(21(31)32-18)15-6-4-12(5-7-15)20(28)29/h1-3,8-12,15H,4-7H2,(H,28,29). The highest BCUT2D eigenvalue weighted by atomic mass is 32.2. The summed E-state index contributed by atoms with van der Waals surface area (Å²) < 4.78 is 45.0. The molecule has 5 nitrogen and oxygen atoms in total. The van der Waals surface area contributed by atoms with Gasteiger partial charge in [0.05, 0.1) is 16.4 Å². The smallest absolute Gasteiger partial charge is 0.416 e. The Balaban J connectivity index is 1.50. The highest BCUT2D eigenvalue weighted by molar-refractivity contribution is 8.26. The van der Waals surface area contributed by atoms with Crippen LogP contribution in [0.25, 0.3) is 17.4 Å². The summed E-state index contributed by atoms with van der Waals surface area (Å²) in [5.74, 6) is -0.895. The molecule has 0 bridgehead atoms. The third-order valence-electron chi connectivity index (χ3n) is 5.61. The second kappa shape index (κ2) is 8.74. The number of thiocarbonyl (C=S) groups is 1. The van der Waals surface area contributed by atoms with Crippen LogP contribution in [0.2, 0.25) is 0 Å². The van der Waals surface area contributed by atoms with Crippen LogP contribution in [0.1, 0.15) is 37.0 Å². The van der Waals surface area contributed by atoms with Crippen molar-refractivity contribution in [2.24, 2.45) is 5.92 Å². The average Bonchev–Trinajstić information content (AvgIpc) is 3.32. The lowest BCUT2D eigenvalue weighted by Gasteiger charge is -2.32. The minimum atomic E-state index is -4.46. The number of hydrogen-bond donors (Lipinski definition) is 1. The molecule has 1 saturated heterocycles. The maximum absolute atomic E-state index is 13.0. The van der Waals surface area contributed by atoms with Gasteiger partial charge in [0.15, 0.2) is 0 Å². The second-order valence-electron chi connectivity index (χ2n) is 7.68. The average molecular weight is 482 g/mol. The van der Waals surface area contributed by atoms with Crippen LogP contribution in [0, 0.1) is 5.92 Å². The molecule has 1 aromatic carbocycles. The number of halogens is 3. The first-order valence-electron chi connectivity index (χ1n) is 9.91. The van der Waals surface area contributed by atoms with E-state index in [0.29, 0.717) is 40.7 Å². The molecule has 1 amide bonds. The summed E-state index contributed by atoms with van der Waals surface area (Å²) in [6.07, 6.45) is -0.806. The topological polar surface area (TPSA) is 70.8 Å².